The van der Waals surface area contributed by atoms with Crippen LogP contribution in [0.1, 0.15) is 0 Å². The van der Waals surface area contributed by atoms with Gasteiger partial charge in [-0.3, -0.25) is 0 Å². The first-order valence-electron chi connectivity index (χ1n) is 28.9. The van der Waals surface area contributed by atoms with Crippen molar-refractivity contribution < 1.29 is 0 Å². The summed E-state index contributed by atoms with van der Waals surface area (Å²) in [7, 11) is 0. The van der Waals surface area contributed by atoms with E-state index in [4.69, 9.17) is 0 Å². The zero-order valence-electron chi connectivity index (χ0n) is 46.0. The van der Waals surface area contributed by atoms with E-state index in [0.29, 0.717) is 0 Å². The van der Waals surface area contributed by atoms with Gasteiger partial charge >= 0.3 is 0 Å². The van der Waals surface area contributed by atoms with E-state index in [2.05, 4.69) is 352 Å². The van der Waals surface area contributed by atoms with E-state index < -0.39 is 0 Å². The van der Waals surface area contributed by atoms with Crippen LogP contribution in [0.5, 0.6) is 0 Å². The van der Waals surface area contributed by atoms with E-state index >= 15 is 0 Å². The fraction of sp³-hybridized carbons (Fsp3) is 0. The van der Waals surface area contributed by atoms with E-state index in [0.717, 1.165) is 96.2 Å². The van der Waals surface area contributed by atoms with E-state index in [-0.39, 0.29) is 6.71 Å². The molecule has 6 heteroatoms. The topological polar surface area (TPSA) is 17.9 Å². The second kappa shape index (κ2) is 20.5. The molecule has 0 fully saturated rings. The summed E-state index contributed by atoms with van der Waals surface area (Å²) in [5.41, 5.74) is 25.0. The monoisotopic (exact) mass is 1070 g/mol. The molecule has 0 saturated heterocycles. The van der Waals surface area contributed by atoms with Crippen molar-refractivity contribution in [3.05, 3.63) is 328 Å². The largest absolute Gasteiger partial charge is 0.311 e. The smallest absolute Gasteiger partial charge is 0.252 e. The molecule has 14 aromatic rings. The molecule has 0 atom stereocenters. The maximum absolute atomic E-state index is 2.53. The van der Waals surface area contributed by atoms with E-state index in [1.807, 2.05) is 0 Å². The molecular formula is C78H54BN5. The molecule has 0 saturated carbocycles. The predicted molar refractivity (Wildman–Crippen MR) is 355 cm³/mol. The minimum absolute atomic E-state index is 0.204. The number of aromatic nitrogens is 1. The minimum atomic E-state index is -0.204. The molecular weight excluding hydrogens is 1020 g/mol. The van der Waals surface area contributed by atoms with Crippen LogP contribution in [-0.2, 0) is 0 Å². The van der Waals surface area contributed by atoms with Crippen molar-refractivity contribution in [1.29, 1.82) is 0 Å². The van der Waals surface area contributed by atoms with Gasteiger partial charge in [0.15, 0.2) is 0 Å². The first-order chi connectivity index (χ1) is 41.7. The van der Waals surface area contributed by atoms with Crippen molar-refractivity contribution in [2.75, 3.05) is 19.6 Å². The Bertz CT molecular complexity index is 4370. The Morgan fingerprint density at radius 2 is 0.595 bits per heavy atom. The van der Waals surface area contributed by atoms with Crippen molar-refractivity contribution in [3.63, 3.8) is 0 Å². The number of nitrogens with zero attached hydrogens (tertiary/aromatic N) is 5. The minimum Gasteiger partial charge on any atom is -0.311 e. The summed E-state index contributed by atoms with van der Waals surface area (Å²) in [5, 5.41) is 2.45. The third-order valence-corrected chi connectivity index (χ3v) is 16.9. The number of benzene rings is 13. The number of para-hydroxylation sites is 10. The van der Waals surface area contributed by atoms with E-state index in [9.17, 15) is 0 Å². The Hall–Kier alpha value is -11.1. The number of anilines is 12. The summed E-state index contributed by atoms with van der Waals surface area (Å²) in [5.74, 6) is 0. The summed E-state index contributed by atoms with van der Waals surface area (Å²) in [6, 6.07) is 120. The van der Waals surface area contributed by atoms with Crippen molar-refractivity contribution in [1.82, 2.24) is 4.57 Å². The van der Waals surface area contributed by atoms with Crippen LogP contribution < -0.4 is 36.0 Å². The molecule has 0 amide bonds. The quantitative estimate of drug-likeness (QED) is 0.120. The number of rotatable bonds is 11. The highest BCUT2D eigenvalue weighted by Gasteiger charge is 2.44. The lowest BCUT2D eigenvalue weighted by molar-refractivity contribution is 1.16. The molecule has 2 aliphatic heterocycles. The van der Waals surface area contributed by atoms with Crippen molar-refractivity contribution in [2.45, 2.75) is 0 Å². The SMILES string of the molecule is c1ccc(N(c2ccccc2)c2ccccc2-c2ccc3c(c2)B2c4cc(-c5ccccc5N(c5ccccc5)c5ccccc5)ccc4N(c4ccccc4)c4cc(-n5c6ccccc6c6ccccc65)cc(c42)N3c2ccccc2)cc1. The van der Waals surface area contributed by atoms with Crippen molar-refractivity contribution in [3.8, 4) is 27.9 Å². The van der Waals surface area contributed by atoms with E-state index in [1.165, 1.54) is 38.2 Å². The third-order valence-electron chi connectivity index (χ3n) is 16.9. The maximum Gasteiger partial charge on any atom is 0.252 e. The first kappa shape index (κ1) is 48.8. The lowest BCUT2D eigenvalue weighted by Gasteiger charge is -2.44. The van der Waals surface area contributed by atoms with Crippen molar-refractivity contribution in [2.24, 2.45) is 0 Å². The van der Waals surface area contributed by atoms with Crippen LogP contribution >= 0.6 is 0 Å². The average molecular weight is 1070 g/mol. The molecule has 0 bridgehead atoms. The van der Waals surface area contributed by atoms with Gasteiger partial charge in [-0.1, -0.05) is 206 Å². The van der Waals surface area contributed by atoms with Crippen molar-refractivity contribution >= 4 is 113 Å². The average Bonchev–Trinajstić information content (AvgIpc) is 0.877. The summed E-state index contributed by atoms with van der Waals surface area (Å²) in [6.45, 7) is -0.204. The lowest BCUT2D eigenvalue weighted by Crippen LogP contribution is -2.61. The second-order valence-electron chi connectivity index (χ2n) is 21.6. The Morgan fingerprint density at radius 1 is 0.262 bits per heavy atom. The van der Waals surface area contributed by atoms with Crippen LogP contribution in [-0.4, -0.2) is 11.3 Å². The molecule has 394 valence electrons. The van der Waals surface area contributed by atoms with Gasteiger partial charge < -0.3 is 24.2 Å². The Kier molecular flexibility index (Phi) is 11.9. The fourth-order valence-electron chi connectivity index (χ4n) is 13.4. The highest BCUT2D eigenvalue weighted by Crippen LogP contribution is 2.49. The van der Waals surface area contributed by atoms with Crippen LogP contribution in [0, 0.1) is 0 Å². The molecule has 0 radical (unpaired) electrons. The standard InChI is InChI=1S/C78H54BN5/c1-7-27-57(28-8-1)80(58-29-9-2-10-30-58)70-43-23-19-39-64(70)55-47-49-74-68(51-55)79-69-52-56(65-40-20-24-44-71(65)81(59-31-11-3-12-32-59)60-33-13-4-14-34-60)48-50-75(69)83(62-37-17-6-18-38-62)77-54-63(53-76(78(77)79)82(74)61-35-15-5-16-36-61)84-72-45-25-21-41-66(72)67-42-22-26-46-73(67)84/h1-54H. The molecule has 0 N–H and O–H groups in total. The fourth-order valence-corrected chi connectivity index (χ4v) is 13.4. The van der Waals surface area contributed by atoms with Crippen LogP contribution in [0.3, 0.4) is 0 Å². The summed E-state index contributed by atoms with van der Waals surface area (Å²) in [4.78, 5) is 9.84. The summed E-state index contributed by atoms with van der Waals surface area (Å²) in [6.07, 6.45) is 0. The molecule has 13 aromatic carbocycles. The van der Waals surface area contributed by atoms with Gasteiger partial charge in [0.25, 0.3) is 6.71 Å². The van der Waals surface area contributed by atoms with Crippen LogP contribution in [0.15, 0.2) is 328 Å². The summed E-state index contributed by atoms with van der Waals surface area (Å²) >= 11 is 0. The summed E-state index contributed by atoms with van der Waals surface area (Å²) < 4.78 is 2.48. The molecule has 16 rings (SSSR count). The number of hydrogen-bond donors (Lipinski definition) is 0. The molecule has 0 unspecified atom stereocenters. The van der Waals surface area contributed by atoms with Crippen LogP contribution in [0.4, 0.5) is 68.2 Å². The van der Waals surface area contributed by atoms with Gasteiger partial charge in [-0.15, -0.1) is 0 Å². The van der Waals surface area contributed by atoms with Gasteiger partial charge in [0.2, 0.25) is 0 Å². The first-order valence-corrected chi connectivity index (χ1v) is 28.9. The number of hydrogen-bond acceptors (Lipinski definition) is 4. The maximum atomic E-state index is 2.53. The molecule has 2 aliphatic rings. The Balaban J connectivity index is 0.992. The molecule has 0 spiro atoms. The normalized spacial score (nSPS) is 12.2. The van der Waals surface area contributed by atoms with Gasteiger partial charge in [-0.05, 0) is 149 Å². The molecule has 84 heavy (non-hydrogen) atoms. The second-order valence-corrected chi connectivity index (χ2v) is 21.6. The number of fused-ring (bicyclic) bond motifs is 7. The molecule has 3 heterocycles. The highest BCUT2D eigenvalue weighted by atomic mass is 15.2. The van der Waals surface area contributed by atoms with Gasteiger partial charge in [-0.25, -0.2) is 0 Å². The van der Waals surface area contributed by atoms with Gasteiger partial charge in [0, 0.05) is 78.8 Å². The lowest BCUT2D eigenvalue weighted by atomic mass is 9.33. The Labute approximate surface area is 490 Å². The third kappa shape index (κ3) is 8.10. The van der Waals surface area contributed by atoms with Crippen LogP contribution in [0.25, 0.3) is 49.7 Å². The van der Waals surface area contributed by atoms with E-state index in [1.54, 1.807) is 0 Å². The molecule has 1 aromatic heterocycles. The Morgan fingerprint density at radius 3 is 0.988 bits per heavy atom. The van der Waals surface area contributed by atoms with Gasteiger partial charge in [0.1, 0.15) is 0 Å². The molecule has 5 nitrogen and oxygen atoms in total. The zero-order valence-corrected chi connectivity index (χ0v) is 46.0. The van der Waals surface area contributed by atoms with Gasteiger partial charge in [-0.2, -0.15) is 0 Å². The van der Waals surface area contributed by atoms with Gasteiger partial charge in [0.05, 0.1) is 28.1 Å². The van der Waals surface area contributed by atoms with Crippen LogP contribution in [0.2, 0.25) is 0 Å². The molecule has 0 aliphatic carbocycles. The highest BCUT2D eigenvalue weighted by molar-refractivity contribution is 7.00. The zero-order chi connectivity index (χ0) is 55.5. The predicted octanol–water partition coefficient (Wildman–Crippen LogP) is 19.1.